The van der Waals surface area contributed by atoms with Crippen LogP contribution >= 0.6 is 11.6 Å². The highest BCUT2D eigenvalue weighted by atomic mass is 35.5. The van der Waals surface area contributed by atoms with Crippen LogP contribution in [-0.2, 0) is 6.42 Å². The summed E-state index contributed by atoms with van der Waals surface area (Å²) in [5.74, 6) is -1.02. The number of carbonyl (C=O) groups is 1. The van der Waals surface area contributed by atoms with Crippen LogP contribution in [-0.4, -0.2) is 11.1 Å². The third-order valence-corrected chi connectivity index (χ3v) is 3.13. The lowest BCUT2D eigenvalue weighted by Crippen LogP contribution is -2.05. The molecule has 0 amide bonds. The van der Waals surface area contributed by atoms with Crippen molar-refractivity contribution < 1.29 is 9.90 Å². The van der Waals surface area contributed by atoms with Crippen LogP contribution in [0.2, 0.25) is 5.02 Å². The lowest BCUT2D eigenvalue weighted by molar-refractivity contribution is 0.0698. The van der Waals surface area contributed by atoms with Gasteiger partial charge in [-0.15, -0.1) is 0 Å². The highest BCUT2D eigenvalue weighted by Gasteiger charge is 2.11. The zero-order valence-corrected chi connectivity index (χ0v) is 10.3. The molecule has 18 heavy (non-hydrogen) atoms. The fraction of sp³-hybridized carbons (Fsp3) is 0.0714. The minimum atomic E-state index is -1.02. The number of benzene rings is 2. The molecule has 3 nitrogen and oxygen atoms in total. The molecule has 0 radical (unpaired) electrons. The van der Waals surface area contributed by atoms with E-state index >= 15 is 0 Å². The van der Waals surface area contributed by atoms with E-state index in [-0.39, 0.29) is 5.56 Å². The van der Waals surface area contributed by atoms with E-state index in [1.165, 1.54) is 6.07 Å². The van der Waals surface area contributed by atoms with E-state index in [1.54, 1.807) is 12.1 Å². The maximum atomic E-state index is 11.0. The molecule has 0 unspecified atom stereocenters. The first kappa shape index (κ1) is 12.5. The molecule has 0 bridgehead atoms. The van der Waals surface area contributed by atoms with Crippen LogP contribution in [0.15, 0.2) is 42.5 Å². The smallest absolute Gasteiger partial charge is 0.337 e. The van der Waals surface area contributed by atoms with Crippen LogP contribution in [0.4, 0.5) is 5.69 Å². The van der Waals surface area contributed by atoms with Gasteiger partial charge in [-0.2, -0.15) is 0 Å². The summed E-state index contributed by atoms with van der Waals surface area (Å²) in [5.41, 5.74) is 7.97. The van der Waals surface area contributed by atoms with E-state index in [4.69, 9.17) is 22.4 Å². The monoisotopic (exact) mass is 261 g/mol. The first-order valence-electron chi connectivity index (χ1n) is 5.43. The average Bonchev–Trinajstić information content (AvgIpc) is 2.34. The Kier molecular flexibility index (Phi) is 3.53. The highest BCUT2D eigenvalue weighted by molar-refractivity contribution is 6.31. The SMILES string of the molecule is Nc1c(Cc2ccccc2Cl)cccc1C(=O)O. The van der Waals surface area contributed by atoms with Crippen molar-refractivity contribution in [3.63, 3.8) is 0 Å². The molecule has 92 valence electrons. The Bertz CT molecular complexity index is 596. The number of nitrogens with two attached hydrogens (primary N) is 1. The van der Waals surface area contributed by atoms with Gasteiger partial charge in [-0.1, -0.05) is 41.9 Å². The van der Waals surface area contributed by atoms with E-state index in [0.717, 1.165) is 11.1 Å². The summed E-state index contributed by atoms with van der Waals surface area (Å²) in [6, 6.07) is 12.4. The maximum Gasteiger partial charge on any atom is 0.337 e. The molecule has 0 aliphatic carbocycles. The van der Waals surface area contributed by atoms with Gasteiger partial charge in [0.25, 0.3) is 0 Å². The van der Waals surface area contributed by atoms with Crippen LogP contribution in [0.3, 0.4) is 0 Å². The second-order valence-electron chi connectivity index (χ2n) is 3.95. The molecule has 0 fully saturated rings. The quantitative estimate of drug-likeness (QED) is 0.834. The van der Waals surface area contributed by atoms with Crippen LogP contribution in [0.25, 0.3) is 0 Å². The molecule has 0 atom stereocenters. The summed E-state index contributed by atoms with van der Waals surface area (Å²) >= 11 is 6.07. The van der Waals surface area contributed by atoms with Crippen molar-refractivity contribution in [2.24, 2.45) is 0 Å². The predicted octanol–water partition coefficient (Wildman–Crippen LogP) is 3.21. The van der Waals surface area contributed by atoms with Gasteiger partial charge in [-0.05, 0) is 23.3 Å². The molecule has 4 heteroatoms. The van der Waals surface area contributed by atoms with Gasteiger partial charge in [-0.25, -0.2) is 4.79 Å². The van der Waals surface area contributed by atoms with Gasteiger partial charge in [-0.3, -0.25) is 0 Å². The molecular formula is C14H12ClNO2. The average molecular weight is 262 g/mol. The molecular weight excluding hydrogens is 250 g/mol. The number of hydrogen-bond donors (Lipinski definition) is 2. The Labute approximate surface area is 110 Å². The third-order valence-electron chi connectivity index (χ3n) is 2.77. The topological polar surface area (TPSA) is 63.3 Å². The van der Waals surface area contributed by atoms with E-state index in [9.17, 15) is 4.79 Å². The van der Waals surface area contributed by atoms with Crippen LogP contribution < -0.4 is 5.73 Å². The molecule has 2 aromatic rings. The van der Waals surface area contributed by atoms with Gasteiger partial charge in [0.15, 0.2) is 0 Å². The molecule has 2 rings (SSSR count). The second kappa shape index (κ2) is 5.10. The Balaban J connectivity index is 2.39. The Morgan fingerprint density at radius 2 is 1.78 bits per heavy atom. The summed E-state index contributed by atoms with van der Waals surface area (Å²) < 4.78 is 0. The number of carboxylic acids is 1. The van der Waals surface area contributed by atoms with Crippen molar-refractivity contribution >= 4 is 23.3 Å². The number of halogens is 1. The predicted molar refractivity (Wildman–Crippen MR) is 72.1 cm³/mol. The van der Waals surface area contributed by atoms with Gasteiger partial charge < -0.3 is 10.8 Å². The maximum absolute atomic E-state index is 11.0. The first-order valence-corrected chi connectivity index (χ1v) is 5.81. The van der Waals surface area contributed by atoms with Crippen molar-refractivity contribution in [3.8, 4) is 0 Å². The van der Waals surface area contributed by atoms with Crippen molar-refractivity contribution in [3.05, 3.63) is 64.2 Å². The standard InChI is InChI=1S/C14H12ClNO2/c15-12-7-2-1-4-9(12)8-10-5-3-6-11(13(10)16)14(17)18/h1-7H,8,16H2,(H,17,18). The molecule has 0 aliphatic heterocycles. The summed E-state index contributed by atoms with van der Waals surface area (Å²) in [6.45, 7) is 0. The Morgan fingerprint density at radius 1 is 1.11 bits per heavy atom. The molecule has 0 aliphatic rings. The number of para-hydroxylation sites is 1. The zero-order valence-electron chi connectivity index (χ0n) is 9.56. The normalized spacial score (nSPS) is 10.3. The van der Waals surface area contributed by atoms with Gasteiger partial charge >= 0.3 is 5.97 Å². The Hall–Kier alpha value is -2.00. The molecule has 0 saturated heterocycles. The zero-order chi connectivity index (χ0) is 13.1. The molecule has 0 spiro atoms. The minimum absolute atomic E-state index is 0.125. The fourth-order valence-corrected chi connectivity index (χ4v) is 2.00. The van der Waals surface area contributed by atoms with Crippen LogP contribution in [0, 0.1) is 0 Å². The molecule has 0 saturated carbocycles. The summed E-state index contributed by atoms with van der Waals surface area (Å²) in [4.78, 5) is 11.0. The van der Waals surface area contributed by atoms with Crippen molar-refractivity contribution in [2.45, 2.75) is 6.42 Å². The highest BCUT2D eigenvalue weighted by Crippen LogP contribution is 2.24. The van der Waals surface area contributed by atoms with E-state index < -0.39 is 5.97 Å². The summed E-state index contributed by atoms with van der Waals surface area (Å²) in [6.07, 6.45) is 0.520. The number of aromatic carboxylic acids is 1. The number of rotatable bonds is 3. The lowest BCUT2D eigenvalue weighted by atomic mass is 10.0. The van der Waals surface area contributed by atoms with Crippen LogP contribution in [0.5, 0.6) is 0 Å². The van der Waals surface area contributed by atoms with E-state index in [1.807, 2.05) is 24.3 Å². The molecule has 0 heterocycles. The minimum Gasteiger partial charge on any atom is -0.478 e. The van der Waals surface area contributed by atoms with Crippen molar-refractivity contribution in [1.82, 2.24) is 0 Å². The van der Waals surface area contributed by atoms with Crippen molar-refractivity contribution in [1.29, 1.82) is 0 Å². The largest absolute Gasteiger partial charge is 0.478 e. The van der Waals surface area contributed by atoms with Crippen molar-refractivity contribution in [2.75, 3.05) is 5.73 Å². The second-order valence-corrected chi connectivity index (χ2v) is 4.36. The number of carboxylic acid groups (broad SMARTS) is 1. The fourth-order valence-electron chi connectivity index (χ4n) is 1.80. The number of anilines is 1. The lowest BCUT2D eigenvalue weighted by Gasteiger charge is -2.09. The van der Waals surface area contributed by atoms with Gasteiger partial charge in [0.2, 0.25) is 0 Å². The van der Waals surface area contributed by atoms with E-state index in [2.05, 4.69) is 0 Å². The Morgan fingerprint density at radius 3 is 2.44 bits per heavy atom. The summed E-state index contributed by atoms with van der Waals surface area (Å²) in [7, 11) is 0. The van der Waals surface area contributed by atoms with Gasteiger partial charge in [0, 0.05) is 17.1 Å². The molecule has 0 aromatic heterocycles. The van der Waals surface area contributed by atoms with E-state index in [0.29, 0.717) is 17.1 Å². The summed E-state index contributed by atoms with van der Waals surface area (Å²) in [5, 5.41) is 9.66. The van der Waals surface area contributed by atoms with Crippen LogP contribution in [0.1, 0.15) is 21.5 Å². The molecule has 2 aromatic carbocycles. The van der Waals surface area contributed by atoms with Gasteiger partial charge in [0.05, 0.1) is 5.56 Å². The first-order chi connectivity index (χ1) is 8.59. The number of nitrogen functional groups attached to an aromatic ring is 1. The third kappa shape index (κ3) is 2.46. The van der Waals surface area contributed by atoms with Gasteiger partial charge in [0.1, 0.15) is 0 Å². The number of hydrogen-bond acceptors (Lipinski definition) is 2. The molecule has 3 N–H and O–H groups in total.